The minimum Gasteiger partial charge on any atom is -0.468 e. The van der Waals surface area contributed by atoms with Gasteiger partial charge >= 0.3 is 6.69 Å². The van der Waals surface area contributed by atoms with Gasteiger partial charge in [-0.3, -0.25) is 0 Å². The summed E-state index contributed by atoms with van der Waals surface area (Å²) in [5.41, 5.74) is 0. The van der Waals surface area contributed by atoms with Crippen LogP contribution in [0.25, 0.3) is 0 Å². The number of hydrogen-bond acceptors (Lipinski definition) is 2. The van der Waals surface area contributed by atoms with Crippen molar-refractivity contribution >= 4 is 39.2 Å². The van der Waals surface area contributed by atoms with Crippen molar-refractivity contribution in [1.29, 1.82) is 0 Å². The molecule has 0 bridgehead atoms. The first-order chi connectivity index (χ1) is 9.14. The summed E-state index contributed by atoms with van der Waals surface area (Å²) in [4.78, 5) is 0. The molecule has 0 aliphatic carbocycles. The molecule has 19 heavy (non-hydrogen) atoms. The summed E-state index contributed by atoms with van der Waals surface area (Å²) >= 11 is 13.2. The van der Waals surface area contributed by atoms with Gasteiger partial charge < -0.3 is 9.47 Å². The van der Waals surface area contributed by atoms with Crippen LogP contribution in [-0.4, -0.2) is 20.6 Å². The van der Waals surface area contributed by atoms with Gasteiger partial charge in [-0.15, -0.1) is 22.2 Å². The number of methoxy groups -OCH3 is 1. The maximum Gasteiger partial charge on any atom is 0.310 e. The van der Waals surface area contributed by atoms with Crippen molar-refractivity contribution in [3.05, 3.63) is 54.6 Å². The first-order valence-electron chi connectivity index (χ1n) is 5.80. The van der Waals surface area contributed by atoms with E-state index in [0.29, 0.717) is 0 Å². The van der Waals surface area contributed by atoms with Crippen LogP contribution in [0.2, 0.25) is 0 Å². The lowest BCUT2D eigenvalue weighted by molar-refractivity contribution is 0.0511. The predicted molar refractivity (Wildman–Crippen MR) is 82.1 cm³/mol. The van der Waals surface area contributed by atoms with Crippen molar-refractivity contribution in [2.24, 2.45) is 0 Å². The highest BCUT2D eigenvalue weighted by Crippen LogP contribution is 2.17. The van der Waals surface area contributed by atoms with Gasteiger partial charge in [0.1, 0.15) is 5.75 Å². The Morgan fingerprint density at radius 3 is 2.05 bits per heavy atom. The van der Waals surface area contributed by atoms with E-state index in [1.54, 1.807) is 7.11 Å². The third-order valence-corrected chi connectivity index (χ3v) is 7.43. The molecule has 0 heterocycles. The van der Waals surface area contributed by atoms with E-state index in [-0.39, 0.29) is 6.79 Å². The Bertz CT molecular complexity index is 515. The number of benzene rings is 2. The van der Waals surface area contributed by atoms with Crippen LogP contribution in [0.4, 0.5) is 0 Å². The van der Waals surface area contributed by atoms with Crippen LogP contribution in [-0.2, 0) is 4.74 Å². The lowest BCUT2D eigenvalue weighted by atomic mass is 10.3. The van der Waals surface area contributed by atoms with Gasteiger partial charge in [0, 0.05) is 7.11 Å². The van der Waals surface area contributed by atoms with E-state index in [9.17, 15) is 0 Å². The summed E-state index contributed by atoms with van der Waals surface area (Å²) in [6.07, 6.45) is 0. The van der Waals surface area contributed by atoms with E-state index < -0.39 is 6.69 Å². The van der Waals surface area contributed by atoms with Gasteiger partial charge in [-0.1, -0.05) is 42.5 Å². The average Bonchev–Trinajstić information content (AvgIpc) is 2.46. The molecule has 2 nitrogen and oxygen atoms in total. The Morgan fingerprint density at radius 2 is 1.47 bits per heavy atom. The van der Waals surface area contributed by atoms with Gasteiger partial charge in [0.15, 0.2) is 6.79 Å². The molecule has 0 aliphatic rings. The molecule has 0 radical (unpaired) electrons. The summed E-state index contributed by atoms with van der Waals surface area (Å²) in [5.74, 6) is 0.733. The summed E-state index contributed by atoms with van der Waals surface area (Å²) in [6.45, 7) is -2.43. The minimum absolute atomic E-state index is 0.225. The Labute approximate surface area is 123 Å². The van der Waals surface area contributed by atoms with Crippen LogP contribution >= 0.6 is 22.2 Å². The van der Waals surface area contributed by atoms with Gasteiger partial charge in [0.25, 0.3) is 0 Å². The maximum atomic E-state index is 6.58. The topological polar surface area (TPSA) is 18.5 Å². The molecule has 100 valence electrons. The fourth-order valence-corrected chi connectivity index (χ4v) is 4.74. The first kappa shape index (κ1) is 14.4. The van der Waals surface area contributed by atoms with Crippen molar-refractivity contribution in [2.45, 2.75) is 0 Å². The third kappa shape index (κ3) is 3.51. The molecule has 0 amide bonds. The van der Waals surface area contributed by atoms with Gasteiger partial charge in [-0.05, 0) is 22.5 Å². The monoisotopic (exact) mass is 312 g/mol. The second-order valence-electron chi connectivity index (χ2n) is 4.02. The third-order valence-electron chi connectivity index (χ3n) is 2.70. The van der Waals surface area contributed by atoms with E-state index >= 15 is 0 Å². The number of ether oxygens (including phenoxy) is 2. The number of hydrogen-bond donors (Lipinski definition) is 0. The van der Waals surface area contributed by atoms with Crippen LogP contribution in [0.1, 0.15) is 0 Å². The Hall–Kier alpha value is -1.00. The van der Waals surface area contributed by atoms with Crippen LogP contribution in [0, 0.1) is 0 Å². The van der Waals surface area contributed by atoms with Crippen LogP contribution in [0.5, 0.6) is 5.75 Å². The highest BCUT2D eigenvalue weighted by molar-refractivity contribution is 7.56. The zero-order valence-electron chi connectivity index (χ0n) is 10.5. The second kappa shape index (κ2) is 6.44. The van der Waals surface area contributed by atoms with Gasteiger partial charge in [0.2, 0.25) is 0 Å². The van der Waals surface area contributed by atoms with Crippen molar-refractivity contribution < 1.29 is 9.47 Å². The fourth-order valence-electron chi connectivity index (χ4n) is 1.70. The molecule has 5 heteroatoms. The predicted octanol–water partition coefficient (Wildman–Crippen LogP) is 2.70. The molecule has 0 spiro atoms. The Balaban J connectivity index is 2.21. The van der Waals surface area contributed by atoms with Crippen LogP contribution < -0.4 is 15.1 Å². The molecular formula is C14H14Cl2O2Si. The van der Waals surface area contributed by atoms with Crippen LogP contribution in [0.3, 0.4) is 0 Å². The average molecular weight is 313 g/mol. The van der Waals surface area contributed by atoms with E-state index in [0.717, 1.165) is 16.1 Å². The molecule has 0 aliphatic heterocycles. The van der Waals surface area contributed by atoms with Crippen molar-refractivity contribution in [2.75, 3.05) is 13.9 Å². The molecule has 0 atom stereocenters. The minimum atomic E-state index is -2.65. The van der Waals surface area contributed by atoms with E-state index in [1.807, 2.05) is 54.6 Å². The van der Waals surface area contributed by atoms with Gasteiger partial charge in [-0.2, -0.15) is 0 Å². The maximum absolute atomic E-state index is 6.58. The zero-order chi connectivity index (χ0) is 13.7. The largest absolute Gasteiger partial charge is 0.468 e. The van der Waals surface area contributed by atoms with Crippen molar-refractivity contribution in [3.8, 4) is 5.75 Å². The smallest absolute Gasteiger partial charge is 0.310 e. The quantitative estimate of drug-likeness (QED) is 0.480. The molecule has 0 aromatic heterocycles. The number of halogens is 2. The van der Waals surface area contributed by atoms with Gasteiger partial charge in [-0.25, -0.2) is 0 Å². The molecule has 0 saturated carbocycles. The Kier molecular flexibility index (Phi) is 4.88. The van der Waals surface area contributed by atoms with Crippen LogP contribution in [0.15, 0.2) is 54.6 Å². The lowest BCUT2D eigenvalue weighted by Crippen LogP contribution is -2.48. The summed E-state index contributed by atoms with van der Waals surface area (Å²) in [5, 5.41) is 1.91. The molecule has 0 fully saturated rings. The molecule has 0 N–H and O–H groups in total. The lowest BCUT2D eigenvalue weighted by Gasteiger charge is -2.18. The normalized spacial score (nSPS) is 11.3. The van der Waals surface area contributed by atoms with Crippen molar-refractivity contribution in [3.63, 3.8) is 0 Å². The molecular weight excluding hydrogens is 299 g/mol. The van der Waals surface area contributed by atoms with E-state index in [1.165, 1.54) is 0 Å². The molecule has 2 aromatic carbocycles. The molecule has 0 saturated heterocycles. The number of rotatable bonds is 5. The standard InChI is InChI=1S/C14H14Cl2O2Si/c1-17-11-18-12-7-9-14(10-8-12)19(15,16)13-5-3-2-4-6-13/h2-10H,11H2,1H3. The highest BCUT2D eigenvalue weighted by Gasteiger charge is 2.33. The summed E-state index contributed by atoms with van der Waals surface area (Å²) < 4.78 is 10.2. The highest BCUT2D eigenvalue weighted by atomic mass is 35.7. The summed E-state index contributed by atoms with van der Waals surface area (Å²) in [6, 6.07) is 17.3. The summed E-state index contributed by atoms with van der Waals surface area (Å²) in [7, 11) is 1.58. The molecule has 2 aromatic rings. The second-order valence-corrected chi connectivity index (χ2v) is 10.3. The fraction of sp³-hybridized carbons (Fsp3) is 0.143. The SMILES string of the molecule is COCOc1ccc([Si](Cl)(Cl)c2ccccc2)cc1. The van der Waals surface area contributed by atoms with E-state index in [4.69, 9.17) is 31.6 Å². The van der Waals surface area contributed by atoms with Crippen molar-refractivity contribution in [1.82, 2.24) is 0 Å². The van der Waals surface area contributed by atoms with Gasteiger partial charge in [0.05, 0.1) is 0 Å². The zero-order valence-corrected chi connectivity index (χ0v) is 13.0. The van der Waals surface area contributed by atoms with E-state index in [2.05, 4.69) is 0 Å². The molecule has 0 unspecified atom stereocenters. The molecule has 2 rings (SSSR count). The first-order valence-corrected chi connectivity index (χ1v) is 9.82. The Morgan fingerprint density at radius 1 is 0.895 bits per heavy atom.